The van der Waals surface area contributed by atoms with Gasteiger partial charge in [0, 0.05) is 0 Å². The molecule has 0 spiro atoms. The number of carbonyl (C=O) groups is 3. The van der Waals surface area contributed by atoms with Crippen molar-refractivity contribution in [3.63, 3.8) is 0 Å². The fourth-order valence-corrected chi connectivity index (χ4v) is 2.82. The number of carboxylic acid groups (broad SMARTS) is 1. The van der Waals surface area contributed by atoms with E-state index in [1.807, 2.05) is 6.07 Å². The molecule has 0 saturated carbocycles. The van der Waals surface area contributed by atoms with Crippen LogP contribution in [0, 0.1) is 5.92 Å². The van der Waals surface area contributed by atoms with Crippen molar-refractivity contribution in [3.05, 3.63) is 65.7 Å². The van der Waals surface area contributed by atoms with Gasteiger partial charge < -0.3 is 19.3 Å². The predicted molar refractivity (Wildman–Crippen MR) is 110 cm³/mol. The molecule has 0 bridgehead atoms. The molecule has 0 aliphatic rings. The normalized spacial score (nSPS) is 12.7. The molecule has 172 valence electrons. The fourth-order valence-electron chi connectivity index (χ4n) is 2.82. The van der Waals surface area contributed by atoms with Crippen LogP contribution in [-0.4, -0.2) is 35.2 Å². The van der Waals surface area contributed by atoms with Gasteiger partial charge in [0.1, 0.15) is 11.4 Å². The maximum atomic E-state index is 13.9. The van der Waals surface area contributed by atoms with E-state index in [0.29, 0.717) is 0 Å². The first kappa shape index (κ1) is 24.8. The van der Waals surface area contributed by atoms with Gasteiger partial charge in [-0.2, -0.15) is 8.78 Å². The highest BCUT2D eigenvalue weighted by molar-refractivity contribution is 5.90. The molecule has 1 unspecified atom stereocenters. The number of rotatable bonds is 8. The van der Waals surface area contributed by atoms with Gasteiger partial charge in [-0.3, -0.25) is 0 Å². The molecule has 1 atom stereocenters. The van der Waals surface area contributed by atoms with Crippen LogP contribution in [0.15, 0.2) is 54.6 Å². The van der Waals surface area contributed by atoms with E-state index in [1.165, 1.54) is 38.1 Å². The summed E-state index contributed by atoms with van der Waals surface area (Å²) in [6, 6.07) is 13.9. The van der Waals surface area contributed by atoms with Gasteiger partial charge in [0.2, 0.25) is 0 Å². The van der Waals surface area contributed by atoms with Crippen LogP contribution in [0.3, 0.4) is 0 Å². The Kier molecular flexibility index (Phi) is 7.56. The molecule has 9 heteroatoms. The van der Waals surface area contributed by atoms with Crippen LogP contribution in [0.25, 0.3) is 0 Å². The van der Waals surface area contributed by atoms with Crippen molar-refractivity contribution < 1.29 is 42.5 Å². The first-order chi connectivity index (χ1) is 14.8. The molecule has 2 rings (SSSR count). The summed E-state index contributed by atoms with van der Waals surface area (Å²) < 4.78 is 42.9. The molecule has 32 heavy (non-hydrogen) atoms. The Morgan fingerprint density at radius 3 is 2.00 bits per heavy atom. The highest BCUT2D eigenvalue weighted by Crippen LogP contribution is 2.29. The number of hydrogen-bond donors (Lipinski definition) is 1. The fraction of sp³-hybridized carbons (Fsp3) is 0.348. The van der Waals surface area contributed by atoms with Crippen LogP contribution in [0.4, 0.5) is 13.6 Å². The lowest BCUT2D eigenvalue weighted by Crippen LogP contribution is -2.47. The van der Waals surface area contributed by atoms with Crippen molar-refractivity contribution in [2.45, 2.75) is 45.3 Å². The summed E-state index contributed by atoms with van der Waals surface area (Å²) in [6.45, 7) is 6.02. The summed E-state index contributed by atoms with van der Waals surface area (Å²) in [5.74, 6) is -8.67. The Bertz CT molecular complexity index is 954. The van der Waals surface area contributed by atoms with E-state index in [2.05, 4.69) is 0 Å². The molecule has 0 saturated heterocycles. The van der Waals surface area contributed by atoms with Gasteiger partial charge in [-0.05, 0) is 49.6 Å². The number of esters is 1. The number of halogens is 2. The standard InChI is InChI=1S/C23H24F2O7/c1-14(2)18(23(24,25)20(27)28)31-19(26)15-10-12-17(13-11-15)30-21(29)32-22(3,4)16-8-6-5-7-9-16/h5-14,18H,1-4H3,(H,27,28). The van der Waals surface area contributed by atoms with Crippen molar-refractivity contribution >= 4 is 18.1 Å². The second-order valence-electron chi connectivity index (χ2n) is 7.85. The smallest absolute Gasteiger partial charge is 0.477 e. The largest absolute Gasteiger partial charge is 0.514 e. The Morgan fingerprint density at radius 1 is 0.938 bits per heavy atom. The van der Waals surface area contributed by atoms with Crippen molar-refractivity contribution in [3.8, 4) is 5.75 Å². The van der Waals surface area contributed by atoms with E-state index in [9.17, 15) is 23.2 Å². The van der Waals surface area contributed by atoms with Crippen molar-refractivity contribution in [2.24, 2.45) is 5.92 Å². The van der Waals surface area contributed by atoms with Gasteiger partial charge in [-0.1, -0.05) is 44.2 Å². The lowest BCUT2D eigenvalue weighted by atomic mass is 9.98. The van der Waals surface area contributed by atoms with Gasteiger partial charge in [0.25, 0.3) is 0 Å². The molecule has 0 aliphatic heterocycles. The summed E-state index contributed by atoms with van der Waals surface area (Å²) in [5, 5.41) is 8.72. The van der Waals surface area contributed by atoms with E-state index in [1.54, 1.807) is 38.1 Å². The molecular weight excluding hydrogens is 426 g/mol. The monoisotopic (exact) mass is 450 g/mol. The van der Waals surface area contributed by atoms with Gasteiger partial charge in [0.05, 0.1) is 5.56 Å². The van der Waals surface area contributed by atoms with Crippen LogP contribution in [0.2, 0.25) is 0 Å². The minimum Gasteiger partial charge on any atom is -0.477 e. The maximum absolute atomic E-state index is 13.9. The van der Waals surface area contributed by atoms with Crippen LogP contribution >= 0.6 is 0 Å². The van der Waals surface area contributed by atoms with Crippen LogP contribution < -0.4 is 4.74 Å². The van der Waals surface area contributed by atoms with E-state index in [0.717, 1.165) is 5.56 Å². The summed E-state index contributed by atoms with van der Waals surface area (Å²) in [5.41, 5.74) is -0.321. The Hall–Kier alpha value is -3.49. The average Bonchev–Trinajstić information content (AvgIpc) is 2.72. The number of aliphatic carboxylic acids is 1. The topological polar surface area (TPSA) is 99.1 Å². The van der Waals surface area contributed by atoms with Crippen molar-refractivity contribution in [2.75, 3.05) is 0 Å². The molecule has 1 N–H and O–H groups in total. The Morgan fingerprint density at radius 2 is 1.50 bits per heavy atom. The predicted octanol–water partition coefficient (Wildman–Crippen LogP) is 5.04. The number of carboxylic acids is 1. The molecule has 0 radical (unpaired) electrons. The third-order valence-corrected chi connectivity index (χ3v) is 4.58. The highest BCUT2D eigenvalue weighted by atomic mass is 19.3. The minimum atomic E-state index is -4.25. The highest BCUT2D eigenvalue weighted by Gasteiger charge is 2.51. The number of hydrogen-bond acceptors (Lipinski definition) is 6. The molecular formula is C23H24F2O7. The van der Waals surface area contributed by atoms with Gasteiger partial charge in [0.15, 0.2) is 6.10 Å². The summed E-state index contributed by atoms with van der Waals surface area (Å²) in [7, 11) is 0. The summed E-state index contributed by atoms with van der Waals surface area (Å²) in [6.07, 6.45) is -3.13. The Balaban J connectivity index is 2.04. The number of benzene rings is 2. The zero-order valence-electron chi connectivity index (χ0n) is 18.0. The Labute approximate surface area is 183 Å². The molecule has 0 aliphatic carbocycles. The number of alkyl halides is 2. The lowest BCUT2D eigenvalue weighted by Gasteiger charge is -2.26. The molecule has 0 fully saturated rings. The van der Waals surface area contributed by atoms with Crippen molar-refractivity contribution in [1.82, 2.24) is 0 Å². The SMILES string of the molecule is CC(C)C(OC(=O)c1ccc(OC(=O)OC(C)(C)c2ccccc2)cc1)C(F)(F)C(=O)O. The van der Waals surface area contributed by atoms with Crippen LogP contribution in [0.5, 0.6) is 5.75 Å². The quantitative estimate of drug-likeness (QED) is 0.444. The molecule has 2 aromatic rings. The first-order valence-corrected chi connectivity index (χ1v) is 9.73. The van der Waals surface area contributed by atoms with Crippen LogP contribution in [-0.2, 0) is 19.9 Å². The summed E-state index contributed by atoms with van der Waals surface area (Å²) >= 11 is 0. The lowest BCUT2D eigenvalue weighted by molar-refractivity contribution is -0.187. The van der Waals surface area contributed by atoms with Gasteiger partial charge in [-0.25, -0.2) is 14.4 Å². The third kappa shape index (κ3) is 6.03. The molecule has 2 aromatic carbocycles. The van der Waals surface area contributed by atoms with Crippen molar-refractivity contribution in [1.29, 1.82) is 0 Å². The van der Waals surface area contributed by atoms with E-state index < -0.39 is 41.6 Å². The molecule has 0 amide bonds. The second kappa shape index (κ2) is 9.76. The minimum absolute atomic E-state index is 0.0479. The maximum Gasteiger partial charge on any atom is 0.514 e. The third-order valence-electron chi connectivity index (χ3n) is 4.58. The second-order valence-corrected chi connectivity index (χ2v) is 7.85. The van der Waals surface area contributed by atoms with Gasteiger partial charge in [-0.15, -0.1) is 0 Å². The average molecular weight is 450 g/mol. The van der Waals surface area contributed by atoms with E-state index >= 15 is 0 Å². The molecule has 0 heterocycles. The first-order valence-electron chi connectivity index (χ1n) is 9.73. The summed E-state index contributed by atoms with van der Waals surface area (Å²) in [4.78, 5) is 35.2. The van der Waals surface area contributed by atoms with Gasteiger partial charge >= 0.3 is 24.0 Å². The zero-order valence-corrected chi connectivity index (χ0v) is 18.0. The molecule has 7 nitrogen and oxygen atoms in total. The molecule has 0 aromatic heterocycles. The zero-order chi connectivity index (χ0) is 24.1. The van der Waals surface area contributed by atoms with Crippen LogP contribution in [0.1, 0.15) is 43.6 Å². The number of carbonyl (C=O) groups excluding carboxylic acids is 2. The van der Waals surface area contributed by atoms with E-state index in [4.69, 9.17) is 19.3 Å². The van der Waals surface area contributed by atoms with E-state index in [-0.39, 0.29) is 11.3 Å². The number of ether oxygens (including phenoxy) is 3.